The average molecular weight is 283 g/mol. The van der Waals surface area contributed by atoms with Gasteiger partial charge in [0.05, 0.1) is 26.4 Å². The van der Waals surface area contributed by atoms with E-state index in [0.29, 0.717) is 13.0 Å². The van der Waals surface area contributed by atoms with Crippen LogP contribution >= 0.6 is 0 Å². The van der Waals surface area contributed by atoms with Crippen molar-refractivity contribution in [3.05, 3.63) is 30.3 Å². The first kappa shape index (κ1) is 16.4. The number of aliphatic hydroxyl groups excluding tert-OH is 3. The van der Waals surface area contributed by atoms with E-state index in [1.165, 1.54) is 0 Å². The second-order valence-electron chi connectivity index (χ2n) is 4.57. The highest BCUT2D eigenvalue weighted by atomic mass is 16.5. The second-order valence-corrected chi connectivity index (χ2v) is 4.57. The van der Waals surface area contributed by atoms with Gasteiger partial charge in [-0.15, -0.1) is 0 Å². The maximum Gasteiger partial charge on any atom is 0.220 e. The van der Waals surface area contributed by atoms with Crippen molar-refractivity contribution in [2.45, 2.75) is 18.4 Å². The monoisotopic (exact) mass is 283 g/mol. The van der Waals surface area contributed by atoms with Gasteiger partial charge < -0.3 is 25.4 Å². The lowest BCUT2D eigenvalue weighted by molar-refractivity contribution is -0.125. The van der Waals surface area contributed by atoms with E-state index in [0.717, 1.165) is 5.75 Å². The summed E-state index contributed by atoms with van der Waals surface area (Å²) in [6.45, 7) is -1.17. The van der Waals surface area contributed by atoms with Crippen LogP contribution in [0.15, 0.2) is 30.3 Å². The van der Waals surface area contributed by atoms with E-state index < -0.39 is 25.4 Å². The largest absolute Gasteiger partial charge is 0.494 e. The van der Waals surface area contributed by atoms with Crippen molar-refractivity contribution in [1.82, 2.24) is 5.32 Å². The van der Waals surface area contributed by atoms with Crippen molar-refractivity contribution in [1.29, 1.82) is 0 Å². The molecule has 0 heterocycles. The third kappa shape index (κ3) is 5.16. The number of hydrogen-bond acceptors (Lipinski definition) is 5. The molecule has 0 saturated carbocycles. The molecule has 0 unspecified atom stereocenters. The van der Waals surface area contributed by atoms with Crippen molar-refractivity contribution in [3.8, 4) is 5.75 Å². The van der Waals surface area contributed by atoms with Gasteiger partial charge >= 0.3 is 0 Å². The number of aliphatic hydroxyl groups is 3. The number of nitrogens with one attached hydrogen (secondary N) is 1. The van der Waals surface area contributed by atoms with Gasteiger partial charge in [0.2, 0.25) is 5.91 Å². The lowest BCUT2D eigenvalue weighted by Crippen LogP contribution is -2.57. The minimum atomic E-state index is -1.36. The number of rotatable bonds is 9. The maximum atomic E-state index is 11.6. The van der Waals surface area contributed by atoms with Crippen LogP contribution in [0, 0.1) is 0 Å². The summed E-state index contributed by atoms with van der Waals surface area (Å²) in [6.07, 6.45) is 0.688. The molecule has 4 N–H and O–H groups in total. The fraction of sp³-hybridized carbons (Fsp3) is 0.500. The Morgan fingerprint density at radius 1 is 1.10 bits per heavy atom. The number of benzene rings is 1. The molecule has 0 aliphatic heterocycles. The van der Waals surface area contributed by atoms with E-state index in [9.17, 15) is 4.79 Å². The van der Waals surface area contributed by atoms with Gasteiger partial charge in [-0.3, -0.25) is 4.79 Å². The van der Waals surface area contributed by atoms with E-state index in [4.69, 9.17) is 20.1 Å². The summed E-state index contributed by atoms with van der Waals surface area (Å²) in [5, 5.41) is 29.7. The lowest BCUT2D eigenvalue weighted by atomic mass is 10.0. The summed E-state index contributed by atoms with van der Waals surface area (Å²) in [5.74, 6) is 0.391. The van der Waals surface area contributed by atoms with Crippen LogP contribution in [-0.4, -0.2) is 53.2 Å². The van der Waals surface area contributed by atoms with Crippen molar-refractivity contribution < 1.29 is 24.9 Å². The number of para-hydroxylation sites is 1. The summed E-state index contributed by atoms with van der Waals surface area (Å²) >= 11 is 0. The van der Waals surface area contributed by atoms with Crippen LogP contribution in [0.1, 0.15) is 12.8 Å². The van der Waals surface area contributed by atoms with Crippen molar-refractivity contribution >= 4 is 5.91 Å². The normalized spacial score (nSPS) is 11.2. The third-order valence-corrected chi connectivity index (χ3v) is 2.87. The van der Waals surface area contributed by atoms with Crippen LogP contribution in [-0.2, 0) is 4.79 Å². The molecule has 6 nitrogen and oxygen atoms in total. The van der Waals surface area contributed by atoms with Gasteiger partial charge in [0.15, 0.2) is 0 Å². The third-order valence-electron chi connectivity index (χ3n) is 2.87. The highest BCUT2D eigenvalue weighted by Crippen LogP contribution is 2.09. The maximum absolute atomic E-state index is 11.6. The molecule has 0 atom stereocenters. The molecule has 1 aromatic carbocycles. The summed E-state index contributed by atoms with van der Waals surface area (Å²) in [6, 6.07) is 9.27. The Bertz CT molecular complexity index is 384. The summed E-state index contributed by atoms with van der Waals surface area (Å²) in [5.41, 5.74) is -1.36. The molecule has 0 spiro atoms. The Kier molecular flexibility index (Phi) is 7.00. The molecular weight excluding hydrogens is 262 g/mol. The molecule has 1 aromatic rings. The predicted molar refractivity (Wildman–Crippen MR) is 73.3 cm³/mol. The van der Waals surface area contributed by atoms with Gasteiger partial charge in [-0.05, 0) is 18.6 Å². The number of ether oxygens (including phenoxy) is 1. The Labute approximate surface area is 118 Å². The van der Waals surface area contributed by atoms with Crippen molar-refractivity contribution in [2.75, 3.05) is 26.4 Å². The first-order chi connectivity index (χ1) is 9.65. The highest BCUT2D eigenvalue weighted by molar-refractivity contribution is 5.76. The van der Waals surface area contributed by atoms with Gasteiger partial charge in [0.1, 0.15) is 11.3 Å². The molecular formula is C14H21NO5. The zero-order valence-corrected chi connectivity index (χ0v) is 11.3. The second kappa shape index (κ2) is 8.52. The SMILES string of the molecule is O=C(CCCOc1ccccc1)NC(CO)(CO)CO. The van der Waals surface area contributed by atoms with Crippen molar-refractivity contribution in [3.63, 3.8) is 0 Å². The molecule has 1 amide bonds. The molecule has 0 bridgehead atoms. The number of amides is 1. The number of carbonyl (C=O) groups is 1. The first-order valence-corrected chi connectivity index (χ1v) is 6.47. The highest BCUT2D eigenvalue weighted by Gasteiger charge is 2.29. The fourth-order valence-electron chi connectivity index (χ4n) is 1.57. The average Bonchev–Trinajstić information content (AvgIpc) is 2.50. The standard InChI is InChI=1S/C14H21NO5/c16-9-14(10-17,11-18)15-13(19)7-4-8-20-12-5-2-1-3-6-12/h1-3,5-6,16-18H,4,7-11H2,(H,15,19). The van der Waals surface area contributed by atoms with E-state index >= 15 is 0 Å². The molecule has 1 rings (SSSR count). The molecule has 0 aliphatic carbocycles. The van der Waals surface area contributed by atoms with Crippen LogP contribution < -0.4 is 10.1 Å². The summed E-state index contributed by atoms with van der Waals surface area (Å²) < 4.78 is 5.44. The Morgan fingerprint density at radius 3 is 2.25 bits per heavy atom. The molecule has 0 radical (unpaired) electrons. The van der Waals surface area contributed by atoms with E-state index in [1.54, 1.807) is 0 Å². The molecule has 0 fully saturated rings. The van der Waals surface area contributed by atoms with Crippen molar-refractivity contribution in [2.24, 2.45) is 0 Å². The van der Waals surface area contributed by atoms with Gasteiger partial charge in [0, 0.05) is 6.42 Å². The number of hydrogen-bond donors (Lipinski definition) is 4. The molecule has 20 heavy (non-hydrogen) atoms. The molecule has 0 aromatic heterocycles. The smallest absolute Gasteiger partial charge is 0.220 e. The van der Waals surface area contributed by atoms with Crippen LogP contribution in [0.25, 0.3) is 0 Å². The zero-order valence-electron chi connectivity index (χ0n) is 11.3. The Balaban J connectivity index is 2.26. The quantitative estimate of drug-likeness (QED) is 0.465. The van der Waals surface area contributed by atoms with Crippen LogP contribution in [0.3, 0.4) is 0 Å². The van der Waals surface area contributed by atoms with Crippen LogP contribution in [0.2, 0.25) is 0 Å². The summed E-state index contributed by atoms with van der Waals surface area (Å²) in [4.78, 5) is 11.6. The number of carbonyl (C=O) groups excluding carboxylic acids is 1. The topological polar surface area (TPSA) is 99.0 Å². The van der Waals surface area contributed by atoms with Gasteiger partial charge in [-0.25, -0.2) is 0 Å². The first-order valence-electron chi connectivity index (χ1n) is 6.47. The van der Waals surface area contributed by atoms with Crippen LogP contribution in [0.5, 0.6) is 5.75 Å². The minimum Gasteiger partial charge on any atom is -0.494 e. The predicted octanol–water partition coefficient (Wildman–Crippen LogP) is -0.322. The minimum absolute atomic E-state index is 0.189. The van der Waals surface area contributed by atoms with Gasteiger partial charge in [-0.2, -0.15) is 0 Å². The van der Waals surface area contributed by atoms with Gasteiger partial charge in [0.25, 0.3) is 0 Å². The molecule has 6 heteroatoms. The summed E-state index contributed by atoms with van der Waals surface area (Å²) in [7, 11) is 0. The van der Waals surface area contributed by atoms with Crippen LogP contribution in [0.4, 0.5) is 0 Å². The molecule has 0 aliphatic rings. The van der Waals surface area contributed by atoms with E-state index in [2.05, 4.69) is 5.32 Å². The Morgan fingerprint density at radius 2 is 1.70 bits per heavy atom. The molecule has 112 valence electrons. The van der Waals surface area contributed by atoms with E-state index in [1.807, 2.05) is 30.3 Å². The van der Waals surface area contributed by atoms with E-state index in [-0.39, 0.29) is 12.3 Å². The Hall–Kier alpha value is -1.63. The zero-order chi connectivity index (χ0) is 14.8. The lowest BCUT2D eigenvalue weighted by Gasteiger charge is -2.28. The van der Waals surface area contributed by atoms with Gasteiger partial charge in [-0.1, -0.05) is 18.2 Å². The fourth-order valence-corrected chi connectivity index (χ4v) is 1.57. The molecule has 0 saturated heterocycles.